The van der Waals surface area contributed by atoms with Gasteiger partial charge in [0, 0.05) is 50.7 Å². The van der Waals surface area contributed by atoms with E-state index in [2.05, 4.69) is 0 Å². The van der Waals surface area contributed by atoms with E-state index in [9.17, 15) is 22.4 Å². The molecule has 0 atom stereocenters. The van der Waals surface area contributed by atoms with Crippen LogP contribution in [0.4, 0.5) is 4.39 Å². The Morgan fingerprint density at radius 1 is 0.929 bits per heavy atom. The molecule has 3 rings (SSSR count). The van der Waals surface area contributed by atoms with Crippen molar-refractivity contribution in [2.75, 3.05) is 45.5 Å². The third-order valence-electron chi connectivity index (χ3n) is 5.46. The Morgan fingerprint density at radius 2 is 1.57 bits per heavy atom. The maximum absolute atomic E-state index is 13.0. The Kier molecular flexibility index (Phi) is 6.34. The average molecular weight is 411 g/mol. The van der Waals surface area contributed by atoms with Crippen molar-refractivity contribution in [2.24, 2.45) is 5.92 Å². The van der Waals surface area contributed by atoms with Crippen molar-refractivity contribution >= 4 is 21.8 Å². The Labute approximate surface area is 165 Å². The van der Waals surface area contributed by atoms with Crippen LogP contribution in [0.5, 0.6) is 0 Å². The van der Waals surface area contributed by atoms with Crippen LogP contribution in [0, 0.1) is 11.7 Å². The Hall–Kier alpha value is -2.00. The van der Waals surface area contributed by atoms with E-state index < -0.39 is 10.0 Å². The molecule has 0 aliphatic carbocycles. The molecular weight excluding hydrogens is 385 g/mol. The van der Waals surface area contributed by atoms with Gasteiger partial charge < -0.3 is 9.80 Å². The summed E-state index contributed by atoms with van der Waals surface area (Å²) in [6.07, 6.45) is 2.98. The van der Waals surface area contributed by atoms with E-state index in [1.54, 1.807) is 9.80 Å². The minimum absolute atomic E-state index is 0.0456. The lowest BCUT2D eigenvalue weighted by molar-refractivity contribution is -0.136. The first-order valence-electron chi connectivity index (χ1n) is 9.54. The molecule has 0 N–H and O–H groups in total. The van der Waals surface area contributed by atoms with Crippen molar-refractivity contribution in [3.05, 3.63) is 35.6 Å². The second-order valence-electron chi connectivity index (χ2n) is 7.41. The molecule has 1 aromatic carbocycles. The second kappa shape index (κ2) is 8.57. The summed E-state index contributed by atoms with van der Waals surface area (Å²) in [4.78, 5) is 28.8. The molecule has 0 aromatic heterocycles. The van der Waals surface area contributed by atoms with Crippen molar-refractivity contribution in [1.82, 2.24) is 14.1 Å². The van der Waals surface area contributed by atoms with E-state index in [1.807, 2.05) is 0 Å². The molecule has 0 bridgehead atoms. The number of likely N-dealkylation sites (tertiary alicyclic amines) is 1. The van der Waals surface area contributed by atoms with Gasteiger partial charge >= 0.3 is 0 Å². The van der Waals surface area contributed by atoms with Crippen LogP contribution in [-0.4, -0.2) is 79.9 Å². The van der Waals surface area contributed by atoms with Crippen molar-refractivity contribution in [3.63, 3.8) is 0 Å². The number of sulfonamides is 1. The van der Waals surface area contributed by atoms with E-state index in [0.29, 0.717) is 64.1 Å². The Morgan fingerprint density at radius 3 is 2.18 bits per heavy atom. The number of hydrogen-bond donors (Lipinski definition) is 0. The molecule has 2 saturated heterocycles. The van der Waals surface area contributed by atoms with Gasteiger partial charge in [-0.15, -0.1) is 0 Å². The van der Waals surface area contributed by atoms with E-state index in [4.69, 9.17) is 0 Å². The number of rotatable bonds is 3. The second-order valence-corrected chi connectivity index (χ2v) is 9.40. The molecule has 1 aromatic rings. The zero-order chi connectivity index (χ0) is 20.3. The van der Waals surface area contributed by atoms with Gasteiger partial charge in [0.1, 0.15) is 5.82 Å². The highest BCUT2D eigenvalue weighted by Crippen LogP contribution is 2.22. The zero-order valence-corrected chi connectivity index (χ0v) is 16.8. The van der Waals surface area contributed by atoms with Crippen LogP contribution in [0.25, 0.3) is 0 Å². The summed E-state index contributed by atoms with van der Waals surface area (Å²) in [6, 6.07) is 5.48. The van der Waals surface area contributed by atoms with Gasteiger partial charge in [0.05, 0.1) is 6.26 Å². The molecule has 2 aliphatic heterocycles. The van der Waals surface area contributed by atoms with Crippen molar-refractivity contribution in [1.29, 1.82) is 0 Å². The lowest BCUT2D eigenvalue weighted by atomic mass is 9.94. The highest BCUT2D eigenvalue weighted by molar-refractivity contribution is 7.88. The van der Waals surface area contributed by atoms with Crippen LogP contribution in [0.3, 0.4) is 0 Å². The molecule has 28 heavy (non-hydrogen) atoms. The maximum atomic E-state index is 13.0. The summed E-state index contributed by atoms with van der Waals surface area (Å²) >= 11 is 0. The topological polar surface area (TPSA) is 78.0 Å². The van der Waals surface area contributed by atoms with Crippen LogP contribution in [-0.2, 0) is 14.8 Å². The number of halogens is 1. The summed E-state index contributed by atoms with van der Waals surface area (Å²) in [5.41, 5.74) is 0.444. The minimum atomic E-state index is -3.24. The fourth-order valence-corrected chi connectivity index (χ4v) is 4.68. The van der Waals surface area contributed by atoms with Gasteiger partial charge in [-0.3, -0.25) is 9.59 Å². The van der Waals surface area contributed by atoms with Gasteiger partial charge in [-0.25, -0.2) is 17.1 Å². The Bertz CT molecular complexity index is 820. The van der Waals surface area contributed by atoms with Crippen LogP contribution in [0.2, 0.25) is 0 Å². The molecule has 0 unspecified atom stereocenters. The molecule has 2 aliphatic rings. The number of nitrogens with zero attached hydrogens (tertiary/aromatic N) is 3. The number of amides is 2. The molecule has 0 spiro atoms. The van der Waals surface area contributed by atoms with Gasteiger partial charge in [0.25, 0.3) is 5.91 Å². The first-order valence-corrected chi connectivity index (χ1v) is 11.4. The first kappa shape index (κ1) is 20.7. The quantitative estimate of drug-likeness (QED) is 0.748. The lowest BCUT2D eigenvalue weighted by Gasteiger charge is -2.34. The molecule has 0 saturated carbocycles. The normalized spacial score (nSPS) is 20.1. The molecule has 154 valence electrons. The number of benzene rings is 1. The molecule has 9 heteroatoms. The standard InChI is InChI=1S/C19H26FN3O4S/c1-28(26,27)23-10-2-9-21(13-14-23)19(25)16-7-11-22(12-8-16)18(24)15-3-5-17(20)6-4-15/h3-6,16H,2,7-14H2,1H3. The van der Waals surface area contributed by atoms with Gasteiger partial charge in [0.15, 0.2) is 0 Å². The monoisotopic (exact) mass is 411 g/mol. The maximum Gasteiger partial charge on any atom is 0.253 e. The van der Waals surface area contributed by atoms with Crippen LogP contribution >= 0.6 is 0 Å². The summed E-state index contributed by atoms with van der Waals surface area (Å²) in [5.74, 6) is -0.636. The lowest BCUT2D eigenvalue weighted by Crippen LogP contribution is -2.45. The van der Waals surface area contributed by atoms with Gasteiger partial charge in [-0.1, -0.05) is 0 Å². The fourth-order valence-electron chi connectivity index (χ4n) is 3.81. The minimum Gasteiger partial charge on any atom is -0.341 e. The third kappa shape index (κ3) is 4.88. The SMILES string of the molecule is CS(=O)(=O)N1CCCN(C(=O)C2CCN(C(=O)c3ccc(F)cc3)CC2)CC1. The number of piperidine rings is 1. The average Bonchev–Trinajstić information content (AvgIpc) is 2.94. The van der Waals surface area contributed by atoms with E-state index in [-0.39, 0.29) is 23.5 Å². The third-order valence-corrected chi connectivity index (χ3v) is 6.76. The van der Waals surface area contributed by atoms with E-state index in [0.717, 1.165) is 0 Å². The van der Waals surface area contributed by atoms with Gasteiger partial charge in [-0.2, -0.15) is 0 Å². The van der Waals surface area contributed by atoms with Crippen molar-refractivity contribution < 1.29 is 22.4 Å². The van der Waals surface area contributed by atoms with Crippen LogP contribution in [0.1, 0.15) is 29.6 Å². The van der Waals surface area contributed by atoms with Gasteiger partial charge in [-0.05, 0) is 43.5 Å². The summed E-state index contributed by atoms with van der Waals surface area (Å²) < 4.78 is 37.9. The Balaban J connectivity index is 1.53. The largest absolute Gasteiger partial charge is 0.341 e. The number of carbonyl (C=O) groups is 2. The highest BCUT2D eigenvalue weighted by atomic mass is 32.2. The van der Waals surface area contributed by atoms with Crippen LogP contribution < -0.4 is 0 Å². The predicted octanol–water partition coefficient (Wildman–Crippen LogP) is 1.17. The molecule has 2 amide bonds. The van der Waals surface area contributed by atoms with E-state index >= 15 is 0 Å². The number of carbonyl (C=O) groups excluding carboxylic acids is 2. The molecular formula is C19H26FN3O4S. The molecule has 2 fully saturated rings. The van der Waals surface area contributed by atoms with E-state index in [1.165, 1.54) is 34.8 Å². The summed E-state index contributed by atoms with van der Waals surface area (Å²) in [5, 5.41) is 0. The summed E-state index contributed by atoms with van der Waals surface area (Å²) in [7, 11) is -3.24. The highest BCUT2D eigenvalue weighted by Gasteiger charge is 2.32. The molecule has 0 radical (unpaired) electrons. The molecule has 2 heterocycles. The smallest absolute Gasteiger partial charge is 0.253 e. The predicted molar refractivity (Wildman–Crippen MR) is 103 cm³/mol. The fraction of sp³-hybridized carbons (Fsp3) is 0.579. The van der Waals surface area contributed by atoms with Gasteiger partial charge in [0.2, 0.25) is 15.9 Å². The molecule has 7 nitrogen and oxygen atoms in total. The zero-order valence-electron chi connectivity index (χ0n) is 16.0. The van der Waals surface area contributed by atoms with Crippen molar-refractivity contribution in [2.45, 2.75) is 19.3 Å². The van der Waals surface area contributed by atoms with Crippen molar-refractivity contribution in [3.8, 4) is 0 Å². The first-order chi connectivity index (χ1) is 13.3. The number of hydrogen-bond acceptors (Lipinski definition) is 4. The van der Waals surface area contributed by atoms with Crippen LogP contribution in [0.15, 0.2) is 24.3 Å². The summed E-state index contributed by atoms with van der Waals surface area (Å²) in [6.45, 7) is 2.69.